The molecule has 5 heteroatoms. The van der Waals surface area contributed by atoms with Crippen LogP contribution in [0.1, 0.15) is 4.88 Å². The van der Waals surface area contributed by atoms with E-state index in [1.165, 1.54) is 0 Å². The molecule has 1 aromatic carbocycles. The molecule has 0 radical (unpaired) electrons. The monoisotopic (exact) mass is 328 g/mol. The Balaban J connectivity index is 2.02. The summed E-state index contributed by atoms with van der Waals surface area (Å²) in [6.07, 6.45) is 0. The number of hydrogen-bond acceptors (Lipinski definition) is 4. The van der Waals surface area contributed by atoms with E-state index in [4.69, 9.17) is 14.6 Å². The van der Waals surface area contributed by atoms with Crippen LogP contribution < -0.4 is 9.47 Å². The highest BCUT2D eigenvalue weighted by Gasteiger charge is 2.06. The van der Waals surface area contributed by atoms with Gasteiger partial charge in [0.1, 0.15) is 13.2 Å². The second-order valence-electron chi connectivity index (χ2n) is 3.50. The third-order valence-electron chi connectivity index (χ3n) is 2.25. The van der Waals surface area contributed by atoms with Crippen molar-refractivity contribution in [1.82, 2.24) is 0 Å². The average molecular weight is 329 g/mol. The van der Waals surface area contributed by atoms with Crippen LogP contribution in [0.3, 0.4) is 0 Å². The number of hydrogen-bond donors (Lipinski definition) is 1. The molecule has 0 amide bonds. The quantitative estimate of drug-likeness (QED) is 0.882. The zero-order valence-corrected chi connectivity index (χ0v) is 12.0. The van der Waals surface area contributed by atoms with Crippen molar-refractivity contribution in [1.29, 1.82) is 0 Å². The lowest BCUT2D eigenvalue weighted by Gasteiger charge is -2.11. The topological polar surface area (TPSA) is 38.7 Å². The molecule has 18 heavy (non-hydrogen) atoms. The number of ether oxygens (including phenoxy) is 2. The molecular weight excluding hydrogens is 316 g/mol. The van der Waals surface area contributed by atoms with Crippen LogP contribution >= 0.6 is 27.3 Å². The fraction of sp³-hybridized carbons (Fsp3) is 0.231. The second-order valence-corrected chi connectivity index (χ2v) is 5.35. The van der Waals surface area contributed by atoms with Crippen LogP contribution in [0, 0.1) is 0 Å². The fourth-order valence-corrected chi connectivity index (χ4v) is 2.79. The lowest BCUT2D eigenvalue weighted by molar-refractivity contribution is 0.192. The summed E-state index contributed by atoms with van der Waals surface area (Å²) in [5.74, 6) is 1.34. The Morgan fingerprint density at radius 2 is 1.83 bits per heavy atom. The summed E-state index contributed by atoms with van der Waals surface area (Å²) in [7, 11) is 0. The van der Waals surface area contributed by atoms with Gasteiger partial charge in [0, 0.05) is 4.47 Å². The first-order valence-electron chi connectivity index (χ1n) is 5.48. The molecule has 0 fully saturated rings. The molecular formula is C13H13BrO3S. The Bertz CT molecular complexity index is 498. The third kappa shape index (κ3) is 3.48. The molecule has 2 rings (SSSR count). The van der Waals surface area contributed by atoms with E-state index in [0.29, 0.717) is 18.1 Å². The smallest absolute Gasteiger partial charge is 0.161 e. The van der Waals surface area contributed by atoms with E-state index in [1.807, 2.05) is 35.7 Å². The van der Waals surface area contributed by atoms with Gasteiger partial charge >= 0.3 is 0 Å². The minimum Gasteiger partial charge on any atom is -0.487 e. The molecule has 1 N–H and O–H groups in total. The Morgan fingerprint density at radius 1 is 1.11 bits per heavy atom. The molecule has 96 valence electrons. The van der Waals surface area contributed by atoms with Crippen molar-refractivity contribution in [2.24, 2.45) is 0 Å². The summed E-state index contributed by atoms with van der Waals surface area (Å²) >= 11 is 5.11. The first-order chi connectivity index (χ1) is 8.81. The van der Waals surface area contributed by atoms with Crippen molar-refractivity contribution in [3.8, 4) is 11.5 Å². The Hall–Kier alpha value is -1.04. The number of aliphatic hydroxyl groups excluding tert-OH is 1. The third-order valence-corrected chi connectivity index (χ3v) is 4.15. The predicted octanol–water partition coefficient (Wildman–Crippen LogP) is 3.46. The van der Waals surface area contributed by atoms with Gasteiger partial charge < -0.3 is 14.6 Å². The molecule has 0 bridgehead atoms. The maximum absolute atomic E-state index is 8.76. The standard InChI is InChI=1S/C13H13BrO3S/c14-10-5-8-18-13(10)9-17-12-4-2-1-3-11(12)16-7-6-15/h1-5,8,15H,6-7,9H2. The van der Waals surface area contributed by atoms with Crippen LogP contribution in [0.4, 0.5) is 0 Å². The number of benzene rings is 1. The maximum atomic E-state index is 8.76. The summed E-state index contributed by atoms with van der Waals surface area (Å²) < 4.78 is 12.2. The van der Waals surface area contributed by atoms with Crippen molar-refractivity contribution in [2.45, 2.75) is 6.61 Å². The van der Waals surface area contributed by atoms with Crippen LogP contribution in [-0.2, 0) is 6.61 Å². The molecule has 0 atom stereocenters. The van der Waals surface area contributed by atoms with E-state index in [0.717, 1.165) is 9.35 Å². The van der Waals surface area contributed by atoms with E-state index in [-0.39, 0.29) is 13.2 Å². The van der Waals surface area contributed by atoms with Crippen LogP contribution in [0.25, 0.3) is 0 Å². The van der Waals surface area contributed by atoms with Gasteiger partial charge in [-0.1, -0.05) is 12.1 Å². The molecule has 3 nitrogen and oxygen atoms in total. The van der Waals surface area contributed by atoms with Gasteiger partial charge in [-0.25, -0.2) is 0 Å². The van der Waals surface area contributed by atoms with Gasteiger partial charge in [0.15, 0.2) is 11.5 Å². The van der Waals surface area contributed by atoms with E-state index in [1.54, 1.807) is 11.3 Å². The molecule has 2 aromatic rings. The highest BCUT2D eigenvalue weighted by atomic mass is 79.9. The number of halogens is 1. The van der Waals surface area contributed by atoms with Crippen molar-refractivity contribution in [2.75, 3.05) is 13.2 Å². The summed E-state index contributed by atoms with van der Waals surface area (Å²) in [6, 6.07) is 9.45. The average Bonchev–Trinajstić information content (AvgIpc) is 2.80. The molecule has 0 aliphatic carbocycles. The van der Waals surface area contributed by atoms with Crippen molar-refractivity contribution in [3.05, 3.63) is 45.1 Å². The van der Waals surface area contributed by atoms with E-state index in [9.17, 15) is 0 Å². The minimum absolute atomic E-state index is 0.00912. The molecule has 1 heterocycles. The first-order valence-corrected chi connectivity index (χ1v) is 7.16. The Labute approximate surface area is 118 Å². The lowest BCUT2D eigenvalue weighted by atomic mass is 10.3. The Kier molecular flexibility index (Phi) is 5.04. The number of para-hydroxylation sites is 2. The van der Waals surface area contributed by atoms with Crippen molar-refractivity contribution >= 4 is 27.3 Å². The largest absolute Gasteiger partial charge is 0.487 e. The van der Waals surface area contributed by atoms with Gasteiger partial charge in [-0.05, 0) is 39.5 Å². The van der Waals surface area contributed by atoms with Gasteiger partial charge in [0.05, 0.1) is 11.5 Å². The molecule has 0 aliphatic rings. The molecule has 0 saturated heterocycles. The van der Waals surface area contributed by atoms with E-state index < -0.39 is 0 Å². The SMILES string of the molecule is OCCOc1ccccc1OCc1sccc1Br. The lowest BCUT2D eigenvalue weighted by Crippen LogP contribution is -2.03. The van der Waals surface area contributed by atoms with Crippen LogP contribution in [0.15, 0.2) is 40.2 Å². The summed E-state index contributed by atoms with van der Waals surface area (Å²) in [5.41, 5.74) is 0. The highest BCUT2D eigenvalue weighted by Crippen LogP contribution is 2.29. The van der Waals surface area contributed by atoms with Crippen LogP contribution in [-0.4, -0.2) is 18.3 Å². The molecule has 0 spiro atoms. The highest BCUT2D eigenvalue weighted by molar-refractivity contribution is 9.10. The summed E-state index contributed by atoms with van der Waals surface area (Å²) in [5, 5.41) is 10.8. The normalized spacial score (nSPS) is 10.3. The molecule has 0 aliphatic heterocycles. The van der Waals surface area contributed by atoms with Crippen LogP contribution in [0.5, 0.6) is 11.5 Å². The minimum atomic E-state index is -0.00912. The fourth-order valence-electron chi connectivity index (χ4n) is 1.42. The molecule has 1 aromatic heterocycles. The Morgan fingerprint density at radius 3 is 2.44 bits per heavy atom. The molecule has 0 unspecified atom stereocenters. The molecule has 0 saturated carbocycles. The van der Waals surface area contributed by atoms with Gasteiger partial charge in [0.25, 0.3) is 0 Å². The van der Waals surface area contributed by atoms with Gasteiger partial charge in [-0.2, -0.15) is 0 Å². The van der Waals surface area contributed by atoms with Gasteiger partial charge in [-0.15, -0.1) is 11.3 Å². The zero-order valence-electron chi connectivity index (χ0n) is 9.64. The van der Waals surface area contributed by atoms with Crippen LogP contribution in [0.2, 0.25) is 0 Å². The number of rotatable bonds is 6. The second kappa shape index (κ2) is 6.78. The maximum Gasteiger partial charge on any atom is 0.161 e. The van der Waals surface area contributed by atoms with E-state index in [2.05, 4.69) is 15.9 Å². The van der Waals surface area contributed by atoms with Crippen molar-refractivity contribution in [3.63, 3.8) is 0 Å². The number of aliphatic hydroxyl groups is 1. The van der Waals surface area contributed by atoms with Gasteiger partial charge in [-0.3, -0.25) is 0 Å². The van der Waals surface area contributed by atoms with E-state index >= 15 is 0 Å². The predicted molar refractivity (Wildman–Crippen MR) is 75.4 cm³/mol. The van der Waals surface area contributed by atoms with Gasteiger partial charge in [0.2, 0.25) is 0 Å². The summed E-state index contributed by atoms with van der Waals surface area (Å²) in [6.45, 7) is 0.756. The zero-order chi connectivity index (χ0) is 12.8. The summed E-state index contributed by atoms with van der Waals surface area (Å²) in [4.78, 5) is 1.13. The van der Waals surface area contributed by atoms with Crippen molar-refractivity contribution < 1.29 is 14.6 Å². The first kappa shape index (κ1) is 13.4. The number of thiophene rings is 1.